The lowest BCUT2D eigenvalue weighted by Gasteiger charge is -2.34. The summed E-state index contributed by atoms with van der Waals surface area (Å²) in [6.07, 6.45) is 4.22. The summed E-state index contributed by atoms with van der Waals surface area (Å²) >= 11 is 0. The first-order chi connectivity index (χ1) is 6.54. The molecular weight excluding hydrogens is 224 g/mol. The Morgan fingerprint density at radius 2 is 2.07 bits per heavy atom. The van der Waals surface area contributed by atoms with Gasteiger partial charge >= 0.3 is 0 Å². The molecule has 0 bridgehead atoms. The van der Waals surface area contributed by atoms with Crippen LogP contribution in [0.25, 0.3) is 0 Å². The van der Waals surface area contributed by atoms with E-state index in [9.17, 15) is 8.42 Å². The molecule has 2 aliphatic rings. The smallest absolute Gasteiger partial charge is 0.297 e. The van der Waals surface area contributed by atoms with Crippen LogP contribution in [0.15, 0.2) is 0 Å². The first kappa shape index (κ1) is 10.7. The van der Waals surface area contributed by atoms with E-state index in [-0.39, 0.29) is 6.04 Å². The molecule has 6 heteroatoms. The summed E-state index contributed by atoms with van der Waals surface area (Å²) < 4.78 is 24.1. The average Bonchev–Trinajstić information content (AvgIpc) is 2.47. The normalized spacial score (nSPS) is 34.4. The van der Waals surface area contributed by atoms with Crippen LogP contribution in [0.2, 0.25) is 0 Å². The molecule has 2 aliphatic heterocycles. The zero-order valence-corrected chi connectivity index (χ0v) is 9.52. The molecule has 2 fully saturated rings. The highest BCUT2D eigenvalue weighted by atomic mass is 35.7. The molecule has 2 atom stereocenters. The van der Waals surface area contributed by atoms with Crippen molar-refractivity contribution < 1.29 is 8.42 Å². The molecule has 2 heterocycles. The topological polar surface area (TPSA) is 49.4 Å². The van der Waals surface area contributed by atoms with Gasteiger partial charge in [0.25, 0.3) is 9.24 Å². The molecule has 2 unspecified atom stereocenters. The Bertz CT molecular complexity index is 306. The van der Waals surface area contributed by atoms with Crippen molar-refractivity contribution in [3.05, 3.63) is 0 Å². The zero-order chi connectivity index (χ0) is 10.2. The maximum absolute atomic E-state index is 10.8. The number of nitrogens with zero attached hydrogens (tertiary/aromatic N) is 1. The van der Waals surface area contributed by atoms with Crippen LogP contribution < -0.4 is 4.72 Å². The number of halogens is 1. The monoisotopic (exact) mass is 238 g/mol. The molecule has 2 saturated heterocycles. The summed E-state index contributed by atoms with van der Waals surface area (Å²) in [5.74, 6) is 0. The lowest BCUT2D eigenvalue weighted by atomic mass is 9.99. The predicted octanol–water partition coefficient (Wildman–Crippen LogP) is 0.686. The van der Waals surface area contributed by atoms with E-state index in [1.54, 1.807) is 0 Å². The third-order valence-electron chi connectivity index (χ3n) is 3.13. The molecule has 0 aromatic heterocycles. The van der Waals surface area contributed by atoms with Gasteiger partial charge in [0.1, 0.15) is 0 Å². The molecule has 0 aliphatic carbocycles. The van der Waals surface area contributed by atoms with Gasteiger partial charge in [0.2, 0.25) is 0 Å². The van der Waals surface area contributed by atoms with Crippen LogP contribution >= 0.6 is 10.7 Å². The second-order valence-electron chi connectivity index (χ2n) is 4.11. The molecule has 0 aromatic carbocycles. The summed E-state index contributed by atoms with van der Waals surface area (Å²) in [4.78, 5) is 2.44. The van der Waals surface area contributed by atoms with Gasteiger partial charge < -0.3 is 4.90 Å². The van der Waals surface area contributed by atoms with Gasteiger partial charge in [-0.05, 0) is 38.8 Å². The van der Waals surface area contributed by atoms with Crippen molar-refractivity contribution in [1.29, 1.82) is 0 Å². The molecule has 4 nitrogen and oxygen atoms in total. The summed E-state index contributed by atoms with van der Waals surface area (Å²) in [5, 5.41) is 0. The molecule has 0 radical (unpaired) electrons. The van der Waals surface area contributed by atoms with Crippen molar-refractivity contribution in [2.24, 2.45) is 0 Å². The van der Waals surface area contributed by atoms with E-state index < -0.39 is 9.24 Å². The molecular formula is C8H15ClN2O2S. The minimum absolute atomic E-state index is 0.0387. The summed E-state index contributed by atoms with van der Waals surface area (Å²) in [6, 6.07) is 0.608. The van der Waals surface area contributed by atoms with Crippen molar-refractivity contribution >= 4 is 19.9 Å². The number of hydrogen-bond acceptors (Lipinski definition) is 3. The summed E-state index contributed by atoms with van der Waals surface area (Å²) in [6.45, 7) is 2.17. The van der Waals surface area contributed by atoms with Gasteiger partial charge in [-0.2, -0.15) is 13.1 Å². The fourth-order valence-electron chi connectivity index (χ4n) is 2.53. The Kier molecular flexibility index (Phi) is 3.02. The first-order valence-electron chi connectivity index (χ1n) is 5.00. The molecule has 0 aromatic rings. The number of piperidine rings is 1. The Labute approximate surface area is 89.2 Å². The first-order valence-corrected chi connectivity index (χ1v) is 7.31. The Hall–Kier alpha value is 0.160. The average molecular weight is 239 g/mol. The van der Waals surface area contributed by atoms with E-state index in [1.165, 1.54) is 19.4 Å². The predicted molar refractivity (Wildman–Crippen MR) is 55.5 cm³/mol. The van der Waals surface area contributed by atoms with E-state index in [2.05, 4.69) is 9.62 Å². The van der Waals surface area contributed by atoms with Crippen LogP contribution in [0.1, 0.15) is 25.7 Å². The van der Waals surface area contributed by atoms with Crippen LogP contribution in [-0.4, -0.2) is 38.5 Å². The number of nitrogens with one attached hydrogen (secondary N) is 1. The van der Waals surface area contributed by atoms with Gasteiger partial charge in [-0.15, -0.1) is 0 Å². The minimum atomic E-state index is -3.55. The van der Waals surface area contributed by atoms with Crippen molar-refractivity contribution in [3.8, 4) is 0 Å². The van der Waals surface area contributed by atoms with Crippen molar-refractivity contribution in [2.75, 3.05) is 13.1 Å². The van der Waals surface area contributed by atoms with Crippen LogP contribution in [0.5, 0.6) is 0 Å². The van der Waals surface area contributed by atoms with Crippen LogP contribution in [-0.2, 0) is 9.24 Å². The maximum Gasteiger partial charge on any atom is 0.297 e. The Morgan fingerprint density at radius 1 is 1.29 bits per heavy atom. The van der Waals surface area contributed by atoms with Gasteiger partial charge in [0.15, 0.2) is 0 Å². The van der Waals surface area contributed by atoms with Gasteiger partial charge in [0.05, 0.1) is 0 Å². The lowest BCUT2D eigenvalue weighted by Crippen LogP contribution is -2.46. The molecule has 0 amide bonds. The second-order valence-corrected chi connectivity index (χ2v) is 6.44. The van der Waals surface area contributed by atoms with Crippen molar-refractivity contribution in [2.45, 2.75) is 37.8 Å². The van der Waals surface area contributed by atoms with Crippen LogP contribution in [0, 0.1) is 0 Å². The highest BCUT2D eigenvalue weighted by molar-refractivity contribution is 8.12. The SMILES string of the molecule is O=S(=O)(Cl)NC1CCN2CCCC2C1. The number of hydrogen-bond donors (Lipinski definition) is 1. The number of rotatable bonds is 2. The van der Waals surface area contributed by atoms with E-state index in [4.69, 9.17) is 10.7 Å². The van der Waals surface area contributed by atoms with E-state index >= 15 is 0 Å². The third kappa shape index (κ3) is 2.59. The highest BCUT2D eigenvalue weighted by Gasteiger charge is 2.32. The summed E-state index contributed by atoms with van der Waals surface area (Å²) in [5.41, 5.74) is 0. The molecule has 82 valence electrons. The number of fused-ring (bicyclic) bond motifs is 1. The van der Waals surface area contributed by atoms with Crippen LogP contribution in [0.3, 0.4) is 0 Å². The van der Waals surface area contributed by atoms with E-state index in [0.717, 1.165) is 19.4 Å². The van der Waals surface area contributed by atoms with E-state index in [1.807, 2.05) is 0 Å². The fourth-order valence-corrected chi connectivity index (χ4v) is 3.52. The molecule has 14 heavy (non-hydrogen) atoms. The Morgan fingerprint density at radius 3 is 2.79 bits per heavy atom. The zero-order valence-electron chi connectivity index (χ0n) is 7.95. The third-order valence-corrected chi connectivity index (χ3v) is 4.01. The summed E-state index contributed by atoms with van der Waals surface area (Å²) in [7, 11) is 1.61. The molecule has 0 saturated carbocycles. The standard InChI is InChI=1S/C8H15ClN2O2S/c9-14(12,13)10-7-3-5-11-4-1-2-8(11)6-7/h7-8,10H,1-6H2. The van der Waals surface area contributed by atoms with Gasteiger partial charge in [0, 0.05) is 22.8 Å². The Balaban J connectivity index is 1.91. The lowest BCUT2D eigenvalue weighted by molar-refractivity contribution is 0.176. The second kappa shape index (κ2) is 3.96. The molecule has 1 N–H and O–H groups in total. The van der Waals surface area contributed by atoms with Crippen LogP contribution in [0.4, 0.5) is 0 Å². The van der Waals surface area contributed by atoms with Crippen molar-refractivity contribution in [1.82, 2.24) is 9.62 Å². The maximum atomic E-state index is 10.8. The molecule has 0 spiro atoms. The van der Waals surface area contributed by atoms with Crippen molar-refractivity contribution in [3.63, 3.8) is 0 Å². The minimum Gasteiger partial charge on any atom is -0.300 e. The quantitative estimate of drug-likeness (QED) is 0.720. The highest BCUT2D eigenvalue weighted by Crippen LogP contribution is 2.27. The fraction of sp³-hybridized carbons (Fsp3) is 1.00. The van der Waals surface area contributed by atoms with E-state index in [0.29, 0.717) is 6.04 Å². The van der Waals surface area contributed by atoms with Gasteiger partial charge in [-0.3, -0.25) is 0 Å². The largest absolute Gasteiger partial charge is 0.300 e. The molecule has 2 rings (SSSR count). The van der Waals surface area contributed by atoms with Gasteiger partial charge in [-0.1, -0.05) is 0 Å². The van der Waals surface area contributed by atoms with Gasteiger partial charge in [-0.25, -0.2) is 0 Å².